The fourth-order valence-corrected chi connectivity index (χ4v) is 1.82. The summed E-state index contributed by atoms with van der Waals surface area (Å²) in [4.78, 5) is 23.1. The topological polar surface area (TPSA) is 86.4 Å². The summed E-state index contributed by atoms with van der Waals surface area (Å²) >= 11 is 0. The van der Waals surface area contributed by atoms with E-state index in [1.54, 1.807) is 10.9 Å². The smallest absolute Gasteiger partial charge is 0.373 e. The lowest BCUT2D eigenvalue weighted by Crippen LogP contribution is -2.29. The van der Waals surface area contributed by atoms with E-state index in [-0.39, 0.29) is 23.3 Å². The quantitative estimate of drug-likeness (QED) is 0.811. The molecule has 1 N–H and O–H groups in total. The third-order valence-electron chi connectivity index (χ3n) is 2.89. The molecule has 0 saturated carbocycles. The number of methoxy groups -OCH3 is 1. The maximum atomic E-state index is 11.9. The van der Waals surface area contributed by atoms with E-state index in [0.29, 0.717) is 13.1 Å². The van der Waals surface area contributed by atoms with Crippen molar-refractivity contribution in [2.45, 2.75) is 13.5 Å². The van der Waals surface area contributed by atoms with Gasteiger partial charge in [-0.15, -0.1) is 0 Å². The van der Waals surface area contributed by atoms with Crippen molar-refractivity contribution in [1.29, 1.82) is 0 Å². The minimum atomic E-state index is -0.610. The van der Waals surface area contributed by atoms with Crippen LogP contribution in [0, 0.1) is 5.92 Å². The fraction of sp³-hybridized carbons (Fsp3) is 0.357. The van der Waals surface area contributed by atoms with Gasteiger partial charge in [0.25, 0.3) is 5.91 Å². The van der Waals surface area contributed by atoms with Crippen LogP contribution < -0.4 is 5.32 Å². The molecule has 0 spiro atoms. The number of esters is 1. The molecule has 7 heteroatoms. The molecule has 0 fully saturated rings. The highest BCUT2D eigenvalue weighted by atomic mass is 16.5. The van der Waals surface area contributed by atoms with Gasteiger partial charge in [0.1, 0.15) is 0 Å². The van der Waals surface area contributed by atoms with E-state index in [2.05, 4.69) is 15.2 Å². The van der Waals surface area contributed by atoms with Crippen molar-refractivity contribution in [3.8, 4) is 0 Å². The SMILES string of the molecule is COC(=O)c1ccc(C(=O)NC[C@H](C)Cn2cccn2)o1. The second-order valence-electron chi connectivity index (χ2n) is 4.70. The summed E-state index contributed by atoms with van der Waals surface area (Å²) in [6, 6.07) is 4.70. The number of hydrogen-bond acceptors (Lipinski definition) is 5. The Morgan fingerprint density at radius 2 is 2.19 bits per heavy atom. The zero-order valence-electron chi connectivity index (χ0n) is 11.9. The Morgan fingerprint density at radius 1 is 1.43 bits per heavy atom. The van der Waals surface area contributed by atoms with Crippen molar-refractivity contribution < 1.29 is 18.7 Å². The van der Waals surface area contributed by atoms with Crippen LogP contribution in [0.5, 0.6) is 0 Å². The molecule has 2 heterocycles. The lowest BCUT2D eigenvalue weighted by atomic mass is 10.2. The summed E-state index contributed by atoms with van der Waals surface area (Å²) in [6.45, 7) is 3.19. The molecule has 0 radical (unpaired) electrons. The Bertz CT molecular complexity index is 604. The van der Waals surface area contributed by atoms with Gasteiger partial charge in [-0.25, -0.2) is 4.79 Å². The van der Waals surface area contributed by atoms with Crippen LogP contribution in [0.1, 0.15) is 28.0 Å². The molecule has 0 saturated heterocycles. The molecule has 0 aromatic carbocycles. The first-order valence-electron chi connectivity index (χ1n) is 6.54. The van der Waals surface area contributed by atoms with E-state index >= 15 is 0 Å². The van der Waals surface area contributed by atoms with Crippen molar-refractivity contribution in [3.63, 3.8) is 0 Å². The van der Waals surface area contributed by atoms with Crippen LogP contribution in [0.15, 0.2) is 35.0 Å². The normalized spacial score (nSPS) is 11.9. The standard InChI is InChI=1S/C14H17N3O4/c1-10(9-17-7-3-6-16-17)8-15-13(18)11-4-5-12(21-11)14(19)20-2/h3-7,10H,8-9H2,1-2H3,(H,15,18)/t10-/m0/s1. The predicted molar refractivity (Wildman–Crippen MR) is 73.8 cm³/mol. The second-order valence-corrected chi connectivity index (χ2v) is 4.70. The summed E-state index contributed by atoms with van der Waals surface area (Å²) in [6.07, 6.45) is 3.58. The number of nitrogens with zero attached hydrogens (tertiary/aromatic N) is 2. The molecule has 112 valence electrons. The van der Waals surface area contributed by atoms with Crippen LogP contribution in [-0.4, -0.2) is 35.3 Å². The lowest BCUT2D eigenvalue weighted by Gasteiger charge is -2.11. The van der Waals surface area contributed by atoms with Gasteiger partial charge < -0.3 is 14.5 Å². The van der Waals surface area contributed by atoms with E-state index in [1.165, 1.54) is 19.2 Å². The van der Waals surface area contributed by atoms with Crippen LogP contribution in [-0.2, 0) is 11.3 Å². The Hall–Kier alpha value is -2.57. The molecular formula is C14H17N3O4. The highest BCUT2D eigenvalue weighted by Crippen LogP contribution is 2.09. The molecule has 1 atom stereocenters. The zero-order chi connectivity index (χ0) is 15.2. The summed E-state index contributed by atoms with van der Waals surface area (Å²) in [5.74, 6) is -0.670. The number of nitrogens with one attached hydrogen (secondary N) is 1. The molecule has 2 aromatic rings. The highest BCUT2D eigenvalue weighted by molar-refractivity contribution is 5.93. The number of furan rings is 1. The monoisotopic (exact) mass is 291 g/mol. The van der Waals surface area contributed by atoms with Gasteiger partial charge in [0, 0.05) is 25.5 Å². The van der Waals surface area contributed by atoms with Gasteiger partial charge in [0.15, 0.2) is 5.76 Å². The summed E-state index contributed by atoms with van der Waals surface area (Å²) in [5, 5.41) is 6.86. The number of hydrogen-bond donors (Lipinski definition) is 1. The van der Waals surface area contributed by atoms with Crippen LogP contribution in [0.2, 0.25) is 0 Å². The van der Waals surface area contributed by atoms with Gasteiger partial charge >= 0.3 is 5.97 Å². The average molecular weight is 291 g/mol. The number of ether oxygens (including phenoxy) is 1. The first-order valence-corrected chi connectivity index (χ1v) is 6.54. The van der Waals surface area contributed by atoms with Crippen LogP contribution in [0.25, 0.3) is 0 Å². The molecule has 0 unspecified atom stereocenters. The molecule has 0 bridgehead atoms. The molecule has 2 rings (SSSR count). The molecule has 0 aliphatic carbocycles. The fourth-order valence-electron chi connectivity index (χ4n) is 1.82. The van der Waals surface area contributed by atoms with Crippen molar-refractivity contribution in [2.24, 2.45) is 5.92 Å². The number of carbonyl (C=O) groups excluding carboxylic acids is 2. The van der Waals surface area contributed by atoms with Gasteiger partial charge in [-0.3, -0.25) is 9.48 Å². The predicted octanol–water partition coefficient (Wildman–Crippen LogP) is 1.33. The van der Waals surface area contributed by atoms with E-state index in [1.807, 2.05) is 19.2 Å². The average Bonchev–Trinajstić information content (AvgIpc) is 3.15. The first-order chi connectivity index (χ1) is 10.1. The van der Waals surface area contributed by atoms with Crippen LogP contribution in [0.3, 0.4) is 0 Å². The maximum Gasteiger partial charge on any atom is 0.373 e. The Balaban J connectivity index is 1.84. The third-order valence-corrected chi connectivity index (χ3v) is 2.89. The Morgan fingerprint density at radius 3 is 2.86 bits per heavy atom. The molecule has 2 aromatic heterocycles. The Labute approximate surface area is 121 Å². The summed E-state index contributed by atoms with van der Waals surface area (Å²) in [7, 11) is 1.25. The van der Waals surface area contributed by atoms with Gasteiger partial charge in [0.05, 0.1) is 7.11 Å². The van der Waals surface area contributed by atoms with E-state index < -0.39 is 5.97 Å². The first kappa shape index (κ1) is 14.8. The van der Waals surface area contributed by atoms with Crippen molar-refractivity contribution in [3.05, 3.63) is 42.1 Å². The minimum Gasteiger partial charge on any atom is -0.463 e. The lowest BCUT2D eigenvalue weighted by molar-refractivity contribution is 0.0562. The molecule has 7 nitrogen and oxygen atoms in total. The zero-order valence-corrected chi connectivity index (χ0v) is 11.9. The molecular weight excluding hydrogens is 274 g/mol. The van der Waals surface area contributed by atoms with Gasteiger partial charge in [-0.2, -0.15) is 5.10 Å². The number of rotatable bonds is 6. The molecule has 21 heavy (non-hydrogen) atoms. The van der Waals surface area contributed by atoms with E-state index in [4.69, 9.17) is 4.42 Å². The van der Waals surface area contributed by atoms with Crippen LogP contribution in [0.4, 0.5) is 0 Å². The second kappa shape index (κ2) is 6.74. The van der Waals surface area contributed by atoms with Gasteiger partial charge in [0.2, 0.25) is 5.76 Å². The number of carbonyl (C=O) groups is 2. The summed E-state index contributed by atoms with van der Waals surface area (Å²) in [5.41, 5.74) is 0. The molecule has 0 aliphatic heterocycles. The van der Waals surface area contributed by atoms with Crippen molar-refractivity contribution in [1.82, 2.24) is 15.1 Å². The van der Waals surface area contributed by atoms with Gasteiger partial charge in [-0.1, -0.05) is 6.92 Å². The van der Waals surface area contributed by atoms with E-state index in [9.17, 15) is 9.59 Å². The highest BCUT2D eigenvalue weighted by Gasteiger charge is 2.16. The van der Waals surface area contributed by atoms with Crippen molar-refractivity contribution in [2.75, 3.05) is 13.7 Å². The number of amides is 1. The van der Waals surface area contributed by atoms with E-state index in [0.717, 1.165) is 0 Å². The Kier molecular flexibility index (Phi) is 4.76. The largest absolute Gasteiger partial charge is 0.463 e. The number of aromatic nitrogens is 2. The van der Waals surface area contributed by atoms with Gasteiger partial charge in [-0.05, 0) is 24.1 Å². The third kappa shape index (κ3) is 3.95. The minimum absolute atomic E-state index is 0.00670. The molecule has 1 amide bonds. The van der Waals surface area contributed by atoms with Crippen LogP contribution >= 0.6 is 0 Å². The molecule has 0 aliphatic rings. The summed E-state index contributed by atoms with van der Waals surface area (Å²) < 4.78 is 11.4. The maximum absolute atomic E-state index is 11.9. The van der Waals surface area contributed by atoms with Crippen molar-refractivity contribution >= 4 is 11.9 Å².